The zero-order valence-corrected chi connectivity index (χ0v) is 10.8. The first-order chi connectivity index (χ1) is 9.19. The molecule has 0 saturated carbocycles. The van der Waals surface area contributed by atoms with Crippen LogP contribution in [-0.2, 0) is 4.74 Å². The third-order valence-electron chi connectivity index (χ3n) is 2.29. The van der Waals surface area contributed by atoms with Crippen LogP contribution in [0.3, 0.4) is 0 Å². The van der Waals surface area contributed by atoms with Crippen molar-refractivity contribution in [2.75, 3.05) is 26.3 Å². The Morgan fingerprint density at radius 3 is 3.00 bits per heavy atom. The number of benzene rings is 1. The standard InChI is InChI=1S/C14H17FN2O2/c1-2-19-9-8-17-14(18)13-6-5-12(15)10-11(13)4-3-7-16/h5-6,10H,2,7-9,16H2,1H3,(H,17,18). The van der Waals surface area contributed by atoms with E-state index in [0.717, 1.165) is 0 Å². The predicted molar refractivity (Wildman–Crippen MR) is 71.2 cm³/mol. The molecule has 0 fully saturated rings. The molecule has 0 heterocycles. The Balaban J connectivity index is 2.78. The van der Waals surface area contributed by atoms with Crippen LogP contribution < -0.4 is 11.1 Å². The molecule has 0 aliphatic rings. The molecule has 102 valence electrons. The molecule has 0 saturated heterocycles. The van der Waals surface area contributed by atoms with Crippen molar-refractivity contribution in [1.82, 2.24) is 5.32 Å². The largest absolute Gasteiger partial charge is 0.380 e. The Labute approximate surface area is 112 Å². The third kappa shape index (κ3) is 5.08. The predicted octanol–water partition coefficient (Wildman–Crippen LogP) is 0.902. The lowest BCUT2D eigenvalue weighted by Crippen LogP contribution is -2.28. The highest BCUT2D eigenvalue weighted by Gasteiger charge is 2.10. The van der Waals surface area contributed by atoms with E-state index in [1.165, 1.54) is 18.2 Å². The van der Waals surface area contributed by atoms with Gasteiger partial charge in [-0.05, 0) is 25.1 Å². The molecule has 0 bridgehead atoms. The van der Waals surface area contributed by atoms with Crippen molar-refractivity contribution in [3.05, 3.63) is 35.1 Å². The average molecular weight is 264 g/mol. The highest BCUT2D eigenvalue weighted by atomic mass is 19.1. The van der Waals surface area contributed by atoms with Gasteiger partial charge in [0.2, 0.25) is 0 Å². The van der Waals surface area contributed by atoms with Crippen molar-refractivity contribution in [3.8, 4) is 11.8 Å². The molecule has 19 heavy (non-hydrogen) atoms. The van der Waals surface area contributed by atoms with Crippen molar-refractivity contribution >= 4 is 5.91 Å². The monoisotopic (exact) mass is 264 g/mol. The van der Waals surface area contributed by atoms with Gasteiger partial charge in [0.05, 0.1) is 18.7 Å². The molecule has 1 aromatic rings. The summed E-state index contributed by atoms with van der Waals surface area (Å²) in [5.74, 6) is 4.56. The zero-order chi connectivity index (χ0) is 14.1. The maximum atomic E-state index is 13.1. The molecule has 0 aliphatic carbocycles. The fraction of sp³-hybridized carbons (Fsp3) is 0.357. The molecule has 0 radical (unpaired) electrons. The summed E-state index contributed by atoms with van der Waals surface area (Å²) < 4.78 is 18.3. The van der Waals surface area contributed by atoms with Gasteiger partial charge in [-0.3, -0.25) is 4.79 Å². The van der Waals surface area contributed by atoms with E-state index in [-0.39, 0.29) is 12.5 Å². The smallest absolute Gasteiger partial charge is 0.252 e. The summed E-state index contributed by atoms with van der Waals surface area (Å²) in [6.07, 6.45) is 0. The van der Waals surface area contributed by atoms with Crippen LogP contribution >= 0.6 is 0 Å². The summed E-state index contributed by atoms with van der Waals surface area (Å²) in [5, 5.41) is 2.68. The molecule has 1 amide bonds. The Hall–Kier alpha value is -1.90. The molecular weight excluding hydrogens is 247 g/mol. The fourth-order valence-corrected chi connectivity index (χ4v) is 1.44. The number of halogens is 1. The van der Waals surface area contributed by atoms with E-state index in [9.17, 15) is 9.18 Å². The van der Waals surface area contributed by atoms with Gasteiger partial charge in [0.25, 0.3) is 5.91 Å². The Morgan fingerprint density at radius 2 is 2.32 bits per heavy atom. The first kappa shape index (κ1) is 15.2. The van der Waals surface area contributed by atoms with Gasteiger partial charge in [-0.25, -0.2) is 4.39 Å². The van der Waals surface area contributed by atoms with Crippen LogP contribution in [0.2, 0.25) is 0 Å². The van der Waals surface area contributed by atoms with E-state index >= 15 is 0 Å². The highest BCUT2D eigenvalue weighted by Crippen LogP contribution is 2.10. The molecule has 1 aromatic carbocycles. The number of hydrogen-bond donors (Lipinski definition) is 2. The van der Waals surface area contributed by atoms with E-state index in [2.05, 4.69) is 17.2 Å². The molecule has 0 spiro atoms. The molecule has 3 N–H and O–H groups in total. The number of nitrogens with one attached hydrogen (secondary N) is 1. The summed E-state index contributed by atoms with van der Waals surface area (Å²) in [6, 6.07) is 3.86. The van der Waals surface area contributed by atoms with Gasteiger partial charge in [-0.15, -0.1) is 0 Å². The summed E-state index contributed by atoms with van der Waals surface area (Å²) in [6.45, 7) is 3.46. The van der Waals surface area contributed by atoms with Crippen LogP contribution in [-0.4, -0.2) is 32.2 Å². The quantitative estimate of drug-likeness (QED) is 0.613. The van der Waals surface area contributed by atoms with Gasteiger partial charge in [0, 0.05) is 18.7 Å². The molecular formula is C14H17FN2O2. The molecule has 0 unspecified atom stereocenters. The van der Waals surface area contributed by atoms with Gasteiger partial charge in [0.1, 0.15) is 5.82 Å². The number of nitrogens with two attached hydrogens (primary N) is 1. The van der Waals surface area contributed by atoms with Gasteiger partial charge < -0.3 is 15.8 Å². The summed E-state index contributed by atoms with van der Waals surface area (Å²) >= 11 is 0. The van der Waals surface area contributed by atoms with Crippen LogP contribution in [0.1, 0.15) is 22.8 Å². The number of hydrogen-bond acceptors (Lipinski definition) is 3. The van der Waals surface area contributed by atoms with E-state index in [1.807, 2.05) is 6.92 Å². The van der Waals surface area contributed by atoms with Gasteiger partial charge >= 0.3 is 0 Å². The molecule has 1 rings (SSSR count). The summed E-state index contributed by atoms with van der Waals surface area (Å²) in [4.78, 5) is 11.9. The number of carbonyl (C=O) groups is 1. The van der Waals surface area contributed by atoms with E-state index < -0.39 is 5.82 Å². The second-order valence-corrected chi connectivity index (χ2v) is 3.65. The van der Waals surface area contributed by atoms with Crippen molar-refractivity contribution < 1.29 is 13.9 Å². The van der Waals surface area contributed by atoms with Gasteiger partial charge in [0.15, 0.2) is 0 Å². The number of rotatable bonds is 5. The maximum absolute atomic E-state index is 13.1. The first-order valence-electron chi connectivity index (χ1n) is 6.03. The Morgan fingerprint density at radius 1 is 1.53 bits per heavy atom. The average Bonchev–Trinajstić information content (AvgIpc) is 2.41. The van der Waals surface area contributed by atoms with Crippen molar-refractivity contribution in [2.45, 2.75) is 6.92 Å². The number of amides is 1. The first-order valence-corrected chi connectivity index (χ1v) is 6.03. The van der Waals surface area contributed by atoms with Crippen molar-refractivity contribution in [1.29, 1.82) is 0 Å². The topological polar surface area (TPSA) is 64.3 Å². The Kier molecular flexibility index (Phi) is 6.58. The minimum Gasteiger partial charge on any atom is -0.380 e. The van der Waals surface area contributed by atoms with Crippen LogP contribution in [0.25, 0.3) is 0 Å². The molecule has 0 aliphatic heterocycles. The van der Waals surface area contributed by atoms with Crippen molar-refractivity contribution in [2.24, 2.45) is 5.73 Å². The second-order valence-electron chi connectivity index (χ2n) is 3.65. The molecule has 0 aromatic heterocycles. The lowest BCUT2D eigenvalue weighted by Gasteiger charge is -2.07. The molecule has 5 heteroatoms. The van der Waals surface area contributed by atoms with E-state index in [4.69, 9.17) is 10.5 Å². The minimum atomic E-state index is -0.438. The molecule has 0 atom stereocenters. The van der Waals surface area contributed by atoms with E-state index in [0.29, 0.717) is 30.9 Å². The third-order valence-corrected chi connectivity index (χ3v) is 2.29. The maximum Gasteiger partial charge on any atom is 0.252 e. The lowest BCUT2D eigenvalue weighted by atomic mass is 10.1. The summed E-state index contributed by atoms with van der Waals surface area (Å²) in [7, 11) is 0. The normalized spacial score (nSPS) is 9.63. The van der Waals surface area contributed by atoms with Crippen LogP contribution in [0, 0.1) is 17.7 Å². The lowest BCUT2D eigenvalue weighted by molar-refractivity contribution is 0.0922. The van der Waals surface area contributed by atoms with Crippen LogP contribution in [0.4, 0.5) is 4.39 Å². The SMILES string of the molecule is CCOCCNC(=O)c1ccc(F)cc1C#CCN. The second kappa shape index (κ2) is 8.25. The number of ether oxygens (including phenoxy) is 1. The zero-order valence-electron chi connectivity index (χ0n) is 10.8. The van der Waals surface area contributed by atoms with Crippen molar-refractivity contribution in [3.63, 3.8) is 0 Å². The highest BCUT2D eigenvalue weighted by molar-refractivity contribution is 5.96. The fourth-order valence-electron chi connectivity index (χ4n) is 1.44. The van der Waals surface area contributed by atoms with E-state index in [1.54, 1.807) is 0 Å². The minimum absolute atomic E-state index is 0.155. The Bertz CT molecular complexity index is 492. The van der Waals surface area contributed by atoms with Gasteiger partial charge in [-0.1, -0.05) is 11.8 Å². The molecule has 4 nitrogen and oxygen atoms in total. The summed E-state index contributed by atoms with van der Waals surface area (Å²) in [5.41, 5.74) is 5.93. The van der Waals surface area contributed by atoms with Crippen LogP contribution in [0.15, 0.2) is 18.2 Å². The number of carbonyl (C=O) groups excluding carboxylic acids is 1. The van der Waals surface area contributed by atoms with Crippen LogP contribution in [0.5, 0.6) is 0 Å². The van der Waals surface area contributed by atoms with Gasteiger partial charge in [-0.2, -0.15) is 0 Å².